The van der Waals surface area contributed by atoms with Crippen LogP contribution in [-0.2, 0) is 38.0 Å². The lowest BCUT2D eigenvalue weighted by atomic mass is 10.0. The summed E-state index contributed by atoms with van der Waals surface area (Å²) in [5.74, 6) is -1.42. The third-order valence-corrected chi connectivity index (χ3v) is 10.6. The highest BCUT2D eigenvalue weighted by molar-refractivity contribution is 9.48. The fraction of sp³-hybridized carbons (Fsp3) is 0.625. The van der Waals surface area contributed by atoms with Gasteiger partial charge in [0.05, 0.1) is 0 Å². The topological polar surface area (TPSA) is 102 Å². The summed E-state index contributed by atoms with van der Waals surface area (Å²) in [6.07, 6.45) is 0. The van der Waals surface area contributed by atoms with Gasteiger partial charge in [-0.05, 0) is 6.92 Å². The molecule has 0 bridgehead atoms. The summed E-state index contributed by atoms with van der Waals surface area (Å²) in [5.41, 5.74) is 0.317. The number of nitrogens with zero attached hydrogens (tertiary/aromatic N) is 1. The van der Waals surface area contributed by atoms with Gasteiger partial charge in [-0.15, -0.1) is 11.8 Å². The molecule has 1 fully saturated rings. The lowest BCUT2D eigenvalue weighted by molar-refractivity contribution is -0.155. The summed E-state index contributed by atoms with van der Waals surface area (Å²) in [6, 6.07) is 0. The number of fused-ring (bicyclic) bond motifs is 1. The normalized spacial score (nSPS) is 24.6. The van der Waals surface area contributed by atoms with Crippen molar-refractivity contribution in [1.29, 1.82) is 0 Å². The highest BCUT2D eigenvalue weighted by atomic mass is 79.9. The number of esters is 2. The zero-order valence-corrected chi connectivity index (χ0v) is 21.6. The van der Waals surface area contributed by atoms with Crippen molar-refractivity contribution in [3.8, 4) is 0 Å². The predicted molar refractivity (Wildman–Crippen MR) is 121 cm³/mol. The van der Waals surface area contributed by atoms with Crippen LogP contribution < -0.4 is 5.32 Å². The summed E-state index contributed by atoms with van der Waals surface area (Å²) >= 11 is 21.8. The zero-order valence-electron chi connectivity index (χ0n) is 16.1. The lowest BCUT2D eigenvalue weighted by Crippen LogP contribution is -2.82. The summed E-state index contributed by atoms with van der Waals surface area (Å²) in [7, 11) is -0.686. The molecule has 0 aromatic carbocycles. The van der Waals surface area contributed by atoms with E-state index in [4.69, 9.17) is 44.3 Å². The van der Waals surface area contributed by atoms with E-state index in [9.17, 15) is 19.2 Å². The van der Waals surface area contributed by atoms with Crippen molar-refractivity contribution in [2.24, 2.45) is 0 Å². The number of carbonyl (C=O) groups is 4. The Morgan fingerprint density at radius 3 is 2.47 bits per heavy atom. The Morgan fingerprint density at radius 2 is 1.97 bits per heavy atom. The van der Waals surface area contributed by atoms with Crippen molar-refractivity contribution >= 4 is 94.5 Å². The molecule has 8 nitrogen and oxygen atoms in total. The van der Waals surface area contributed by atoms with Crippen molar-refractivity contribution in [2.45, 2.75) is 34.8 Å². The number of rotatable bonds is 7. The van der Waals surface area contributed by atoms with Crippen molar-refractivity contribution < 1.29 is 28.7 Å². The molecule has 2 heterocycles. The van der Waals surface area contributed by atoms with Gasteiger partial charge in [-0.25, -0.2) is 4.79 Å². The minimum Gasteiger partial charge on any atom is -0.461 e. The number of alkyl halides is 3. The number of β-lactam (4-membered cyclic amide) rings is 1. The highest BCUT2D eigenvalue weighted by Crippen LogP contribution is 2.51. The Kier molecular flexibility index (Phi) is 8.71. The molecule has 30 heavy (non-hydrogen) atoms. The maximum absolute atomic E-state index is 13.3. The first kappa shape index (κ1) is 25.9. The summed E-state index contributed by atoms with van der Waals surface area (Å²) < 4.78 is 8.28. The Balaban J connectivity index is 2.43. The van der Waals surface area contributed by atoms with E-state index < -0.39 is 47.8 Å². The minimum atomic E-state index is -1.83. The Labute approximate surface area is 203 Å². The molecule has 2 aliphatic rings. The van der Waals surface area contributed by atoms with Gasteiger partial charge >= 0.3 is 22.7 Å². The quantitative estimate of drug-likeness (QED) is 0.212. The first-order valence-corrected chi connectivity index (χ1v) is 14.0. The second kappa shape index (κ2) is 10.1. The van der Waals surface area contributed by atoms with Crippen molar-refractivity contribution in [3.63, 3.8) is 0 Å². The third kappa shape index (κ3) is 5.35. The largest absolute Gasteiger partial charge is 0.461 e. The van der Waals surface area contributed by atoms with E-state index >= 15 is 0 Å². The highest BCUT2D eigenvalue weighted by Gasteiger charge is 2.75. The van der Waals surface area contributed by atoms with Crippen LogP contribution in [0.5, 0.6) is 0 Å². The molecule has 1 N–H and O–H groups in total. The van der Waals surface area contributed by atoms with Crippen LogP contribution in [0.3, 0.4) is 0 Å². The fourth-order valence-electron chi connectivity index (χ4n) is 2.96. The smallest absolute Gasteiger partial charge is 0.355 e. The van der Waals surface area contributed by atoms with Gasteiger partial charge in [0.1, 0.15) is 34.0 Å². The van der Waals surface area contributed by atoms with E-state index in [1.54, 1.807) is 0 Å². The molecular weight excluding hydrogens is 567 g/mol. The van der Waals surface area contributed by atoms with Gasteiger partial charge in [0, 0.05) is 25.2 Å². The van der Waals surface area contributed by atoms with Crippen LogP contribution in [0.2, 0.25) is 0 Å². The molecule has 3 atom stereocenters. The molecule has 0 aromatic heterocycles. The molecule has 168 valence electrons. The standard InChI is InChI=1S/C16H18BrCl3N2O6S2/c1-4-30(17)16(21-8(2)23)13(26)22-11(12(25)28-7-15(18,19)20)10(5-27-9(3)24)6-29-14(16)22/h14H,4-7H2,1-3H3/p+1/t14-,16-,30?/m1/s1. The van der Waals surface area contributed by atoms with E-state index in [0.717, 1.165) is 0 Å². The number of nitrogens with one attached hydrogen (secondary N) is 1. The Morgan fingerprint density at radius 1 is 1.33 bits per heavy atom. The molecular formula is C16H19BrCl3N2O6S2+. The van der Waals surface area contributed by atoms with Gasteiger partial charge in [0.25, 0.3) is 0 Å². The van der Waals surface area contributed by atoms with E-state index in [0.29, 0.717) is 11.3 Å². The number of amides is 2. The van der Waals surface area contributed by atoms with E-state index in [1.165, 1.54) is 30.5 Å². The monoisotopic (exact) mass is 583 g/mol. The Bertz CT molecular complexity index is 793. The summed E-state index contributed by atoms with van der Waals surface area (Å²) in [6.45, 7) is 3.70. The number of carbonyl (C=O) groups excluding carboxylic acids is 4. The molecule has 0 radical (unpaired) electrons. The van der Waals surface area contributed by atoms with E-state index in [-0.39, 0.29) is 24.0 Å². The molecule has 2 amide bonds. The molecule has 14 heteroatoms. The van der Waals surface area contributed by atoms with Gasteiger partial charge in [-0.1, -0.05) is 34.8 Å². The number of ether oxygens (including phenoxy) is 2. The van der Waals surface area contributed by atoms with Crippen LogP contribution >= 0.6 is 61.4 Å². The SMILES string of the molecule is CC[S+](Br)[C@]1(NC(C)=O)C(=O)N2C(C(=O)OCC(Cl)(Cl)Cl)=C(COC(C)=O)CS[C@@H]21. The maximum atomic E-state index is 13.3. The Hall–Kier alpha value is -0.330. The number of thioether (sulfide) groups is 1. The third-order valence-electron chi connectivity index (χ3n) is 4.08. The molecule has 0 aromatic rings. The fourth-order valence-corrected chi connectivity index (χ4v) is 7.88. The second-order valence-corrected chi connectivity index (χ2v) is 14.1. The van der Waals surface area contributed by atoms with Gasteiger partial charge < -0.3 is 9.47 Å². The average molecular weight is 586 g/mol. The van der Waals surface area contributed by atoms with E-state index in [1.807, 2.05) is 6.92 Å². The first-order valence-electron chi connectivity index (χ1n) is 8.55. The molecule has 0 aliphatic carbocycles. The summed E-state index contributed by atoms with van der Waals surface area (Å²) in [4.78, 5) is 49.2. The molecule has 1 unspecified atom stereocenters. The molecule has 2 rings (SSSR count). The molecule has 2 aliphatic heterocycles. The van der Waals surface area contributed by atoms with Crippen LogP contribution in [0.25, 0.3) is 0 Å². The summed E-state index contributed by atoms with van der Waals surface area (Å²) in [5, 5.41) is 2.20. The molecule has 0 spiro atoms. The van der Waals surface area contributed by atoms with Crippen LogP contribution in [0.4, 0.5) is 0 Å². The second-order valence-electron chi connectivity index (χ2n) is 6.30. The lowest BCUT2D eigenvalue weighted by Gasteiger charge is -2.53. The maximum Gasteiger partial charge on any atom is 0.355 e. The van der Waals surface area contributed by atoms with Crippen molar-refractivity contribution in [2.75, 3.05) is 24.7 Å². The van der Waals surface area contributed by atoms with Gasteiger partial charge in [-0.2, -0.15) is 0 Å². The predicted octanol–water partition coefficient (Wildman–Crippen LogP) is 2.41. The number of halogens is 4. The number of hydrogen-bond donors (Lipinski definition) is 1. The average Bonchev–Trinajstić information content (AvgIpc) is 2.66. The van der Waals surface area contributed by atoms with Crippen LogP contribution in [0.1, 0.15) is 20.8 Å². The van der Waals surface area contributed by atoms with Gasteiger partial charge in [-0.3, -0.25) is 24.6 Å². The first-order chi connectivity index (χ1) is 13.8. The van der Waals surface area contributed by atoms with Gasteiger partial charge in [0.15, 0.2) is 5.37 Å². The molecule has 1 saturated heterocycles. The van der Waals surface area contributed by atoms with E-state index in [2.05, 4.69) is 20.1 Å². The minimum absolute atomic E-state index is 0.0687. The van der Waals surface area contributed by atoms with Crippen molar-refractivity contribution in [1.82, 2.24) is 10.2 Å². The van der Waals surface area contributed by atoms with Crippen LogP contribution in [0.15, 0.2) is 11.3 Å². The van der Waals surface area contributed by atoms with Crippen LogP contribution in [-0.4, -0.2) is 67.4 Å². The molecule has 0 saturated carbocycles. The zero-order chi connectivity index (χ0) is 22.9. The van der Waals surface area contributed by atoms with Crippen LogP contribution in [0, 0.1) is 0 Å². The van der Waals surface area contributed by atoms with Gasteiger partial charge in [0.2, 0.25) is 24.5 Å². The number of hydrogen-bond acceptors (Lipinski definition) is 7. The van der Waals surface area contributed by atoms with Crippen molar-refractivity contribution in [3.05, 3.63) is 11.3 Å².